The van der Waals surface area contributed by atoms with Gasteiger partial charge in [0.15, 0.2) is 0 Å². The van der Waals surface area contributed by atoms with Crippen molar-refractivity contribution >= 4 is 12.2 Å². The van der Waals surface area contributed by atoms with Gasteiger partial charge in [-0.05, 0) is 48.4 Å². The maximum Gasteiger partial charge on any atom is 0.0886 e. The Hall–Kier alpha value is -2.68. The van der Waals surface area contributed by atoms with Gasteiger partial charge in [-0.3, -0.25) is 9.97 Å². The summed E-state index contributed by atoms with van der Waals surface area (Å²) in [6.07, 6.45) is 9.91. The van der Waals surface area contributed by atoms with Crippen molar-refractivity contribution in [3.63, 3.8) is 0 Å². The van der Waals surface area contributed by atoms with E-state index in [1.807, 2.05) is 56.8 Å². The Balaban J connectivity index is 1.79. The van der Waals surface area contributed by atoms with Gasteiger partial charge in [0.25, 0.3) is 0 Å². The minimum Gasteiger partial charge on any atom is -0.351 e. The summed E-state index contributed by atoms with van der Waals surface area (Å²) in [5.74, 6) is 0. The van der Waals surface area contributed by atoms with Crippen molar-refractivity contribution in [2.24, 2.45) is 7.05 Å². The molecular weight excluding hydrogens is 258 g/mol. The molecule has 0 saturated heterocycles. The van der Waals surface area contributed by atoms with E-state index in [4.69, 9.17) is 0 Å². The summed E-state index contributed by atoms with van der Waals surface area (Å²) in [5.41, 5.74) is 5.19. The minimum atomic E-state index is 0.894. The maximum atomic E-state index is 4.48. The number of aromatic nitrogens is 3. The first kappa shape index (κ1) is 13.3. The zero-order valence-corrected chi connectivity index (χ0v) is 12.2. The van der Waals surface area contributed by atoms with E-state index in [-0.39, 0.29) is 0 Å². The average molecular weight is 275 g/mol. The van der Waals surface area contributed by atoms with Gasteiger partial charge in [0.1, 0.15) is 0 Å². The third kappa shape index (κ3) is 3.08. The quantitative estimate of drug-likeness (QED) is 0.724. The Morgan fingerprint density at radius 1 is 0.905 bits per heavy atom. The molecule has 0 spiro atoms. The first-order valence-electron chi connectivity index (χ1n) is 6.91. The predicted molar refractivity (Wildman–Crippen MR) is 86.5 cm³/mol. The molecule has 0 unspecified atom stereocenters. The number of hydrogen-bond donors (Lipinski definition) is 0. The highest BCUT2D eigenvalue weighted by molar-refractivity contribution is 5.68. The van der Waals surface area contributed by atoms with Gasteiger partial charge in [-0.1, -0.05) is 18.2 Å². The van der Waals surface area contributed by atoms with E-state index in [0.717, 1.165) is 22.5 Å². The van der Waals surface area contributed by atoms with Crippen molar-refractivity contribution < 1.29 is 0 Å². The van der Waals surface area contributed by atoms with Crippen LogP contribution in [0, 0.1) is 6.92 Å². The second-order valence-corrected chi connectivity index (χ2v) is 5.07. The molecule has 0 radical (unpaired) electrons. The smallest absolute Gasteiger partial charge is 0.0886 e. The fraction of sp³-hybridized carbons (Fsp3) is 0.111. The van der Waals surface area contributed by atoms with Crippen LogP contribution in [0.2, 0.25) is 0 Å². The van der Waals surface area contributed by atoms with Crippen molar-refractivity contribution in [2.75, 3.05) is 0 Å². The Kier molecular flexibility index (Phi) is 3.65. The fourth-order valence-corrected chi connectivity index (χ4v) is 2.10. The molecule has 3 heteroatoms. The molecule has 21 heavy (non-hydrogen) atoms. The maximum absolute atomic E-state index is 4.48. The molecule has 104 valence electrons. The Labute approximate surface area is 124 Å². The molecule has 3 rings (SSSR count). The highest BCUT2D eigenvalue weighted by Crippen LogP contribution is 2.15. The lowest BCUT2D eigenvalue weighted by atomic mass is 10.2. The second-order valence-electron chi connectivity index (χ2n) is 5.07. The molecule has 3 heterocycles. The number of hydrogen-bond acceptors (Lipinski definition) is 2. The minimum absolute atomic E-state index is 0.894. The molecule has 3 nitrogen and oxygen atoms in total. The average Bonchev–Trinajstić information content (AvgIpc) is 2.92. The van der Waals surface area contributed by atoms with Gasteiger partial charge in [-0.25, -0.2) is 0 Å². The van der Waals surface area contributed by atoms with Crippen LogP contribution in [-0.4, -0.2) is 14.5 Å². The van der Waals surface area contributed by atoms with Crippen LogP contribution >= 0.6 is 0 Å². The van der Waals surface area contributed by atoms with Crippen molar-refractivity contribution in [3.05, 3.63) is 71.8 Å². The molecular formula is C18H17N3. The first-order valence-corrected chi connectivity index (χ1v) is 6.91. The van der Waals surface area contributed by atoms with E-state index < -0.39 is 0 Å². The Morgan fingerprint density at radius 3 is 2.24 bits per heavy atom. The number of rotatable bonds is 3. The molecule has 3 aromatic heterocycles. The SMILES string of the molecule is Cc1ccc(-c2ccc(/C=C/c3cccn3C)cn2)nc1. The Morgan fingerprint density at radius 2 is 1.67 bits per heavy atom. The lowest BCUT2D eigenvalue weighted by molar-refractivity contribution is 0.915. The van der Waals surface area contributed by atoms with Crippen LogP contribution in [0.1, 0.15) is 16.8 Å². The third-order valence-electron chi connectivity index (χ3n) is 3.39. The fourth-order valence-electron chi connectivity index (χ4n) is 2.10. The number of nitrogens with zero attached hydrogens (tertiary/aromatic N) is 3. The van der Waals surface area contributed by atoms with E-state index in [0.29, 0.717) is 0 Å². The molecule has 0 bridgehead atoms. The van der Waals surface area contributed by atoms with Crippen molar-refractivity contribution in [1.82, 2.24) is 14.5 Å². The Bertz CT molecular complexity index is 750. The predicted octanol–water partition coefficient (Wildman–Crippen LogP) is 3.96. The molecule has 0 aliphatic rings. The molecule has 0 amide bonds. The van der Waals surface area contributed by atoms with Gasteiger partial charge in [0.2, 0.25) is 0 Å². The van der Waals surface area contributed by atoms with Gasteiger partial charge >= 0.3 is 0 Å². The normalized spacial score (nSPS) is 11.1. The summed E-state index contributed by atoms with van der Waals surface area (Å²) in [4.78, 5) is 8.87. The molecule has 0 fully saturated rings. The van der Waals surface area contributed by atoms with Gasteiger partial charge in [-0.2, -0.15) is 0 Å². The van der Waals surface area contributed by atoms with E-state index in [9.17, 15) is 0 Å². The third-order valence-corrected chi connectivity index (χ3v) is 3.39. The van der Waals surface area contributed by atoms with Crippen LogP contribution in [0.4, 0.5) is 0 Å². The van der Waals surface area contributed by atoms with E-state index >= 15 is 0 Å². The lowest BCUT2D eigenvalue weighted by Crippen LogP contribution is -1.88. The first-order chi connectivity index (χ1) is 10.2. The summed E-state index contributed by atoms with van der Waals surface area (Å²) in [7, 11) is 2.03. The van der Waals surface area contributed by atoms with Crippen molar-refractivity contribution in [3.8, 4) is 11.4 Å². The van der Waals surface area contributed by atoms with Crippen LogP contribution in [0.3, 0.4) is 0 Å². The monoisotopic (exact) mass is 275 g/mol. The summed E-state index contributed by atoms with van der Waals surface area (Å²) in [6, 6.07) is 12.2. The number of pyridine rings is 2. The van der Waals surface area contributed by atoms with Crippen LogP contribution in [0.5, 0.6) is 0 Å². The van der Waals surface area contributed by atoms with Crippen molar-refractivity contribution in [1.29, 1.82) is 0 Å². The zero-order valence-electron chi connectivity index (χ0n) is 12.2. The van der Waals surface area contributed by atoms with E-state index in [1.165, 1.54) is 5.69 Å². The van der Waals surface area contributed by atoms with Crippen LogP contribution in [0.15, 0.2) is 55.0 Å². The molecule has 0 aromatic carbocycles. The summed E-state index contributed by atoms with van der Waals surface area (Å²) >= 11 is 0. The molecule has 3 aromatic rings. The van der Waals surface area contributed by atoms with Crippen LogP contribution in [0.25, 0.3) is 23.5 Å². The lowest BCUT2D eigenvalue weighted by Gasteiger charge is -2.01. The largest absolute Gasteiger partial charge is 0.351 e. The van der Waals surface area contributed by atoms with E-state index in [1.54, 1.807) is 0 Å². The molecule has 0 aliphatic heterocycles. The molecule has 0 atom stereocenters. The van der Waals surface area contributed by atoms with Gasteiger partial charge < -0.3 is 4.57 Å². The van der Waals surface area contributed by atoms with Gasteiger partial charge in [0, 0.05) is 31.3 Å². The van der Waals surface area contributed by atoms with Crippen molar-refractivity contribution in [2.45, 2.75) is 6.92 Å². The molecule has 0 aliphatic carbocycles. The summed E-state index contributed by atoms with van der Waals surface area (Å²) < 4.78 is 2.08. The standard InChI is InChI=1S/C18H17N3/c1-14-5-9-17(19-12-14)18-10-7-15(13-20-18)6-8-16-4-3-11-21(16)2/h3-13H,1-2H3/b8-6+. The second kappa shape index (κ2) is 5.75. The summed E-state index contributed by atoms with van der Waals surface area (Å²) in [6.45, 7) is 2.03. The van der Waals surface area contributed by atoms with Crippen LogP contribution < -0.4 is 0 Å². The molecule has 0 saturated carbocycles. The summed E-state index contributed by atoms with van der Waals surface area (Å²) in [5, 5.41) is 0. The van der Waals surface area contributed by atoms with Gasteiger partial charge in [0.05, 0.1) is 11.4 Å². The van der Waals surface area contributed by atoms with Crippen LogP contribution in [-0.2, 0) is 7.05 Å². The molecule has 0 N–H and O–H groups in total. The van der Waals surface area contributed by atoms with E-state index in [2.05, 4.69) is 38.8 Å². The van der Waals surface area contributed by atoms with Gasteiger partial charge in [-0.15, -0.1) is 0 Å². The topological polar surface area (TPSA) is 30.7 Å². The highest BCUT2D eigenvalue weighted by atomic mass is 14.9. The number of aryl methyl sites for hydroxylation is 2. The zero-order chi connectivity index (χ0) is 14.7. The highest BCUT2D eigenvalue weighted by Gasteiger charge is 2.00.